The third kappa shape index (κ3) is 3.59. The van der Waals surface area contributed by atoms with Crippen LogP contribution in [0.2, 0.25) is 0 Å². The summed E-state index contributed by atoms with van der Waals surface area (Å²) >= 11 is 0. The number of nitrogens with zero attached hydrogens (tertiary/aromatic N) is 3. The van der Waals surface area contributed by atoms with Crippen LogP contribution in [-0.4, -0.2) is 22.1 Å². The van der Waals surface area contributed by atoms with Gasteiger partial charge >= 0.3 is 0 Å². The molecule has 0 aliphatic heterocycles. The molecule has 3 rings (SSSR count). The van der Waals surface area contributed by atoms with E-state index in [0.29, 0.717) is 6.54 Å². The third-order valence-electron chi connectivity index (χ3n) is 3.80. The molecule has 0 amide bonds. The Morgan fingerprint density at radius 1 is 1.04 bits per heavy atom. The largest absolute Gasteiger partial charge is 0.496 e. The van der Waals surface area contributed by atoms with Gasteiger partial charge in [-0.05, 0) is 29.7 Å². The molecule has 0 aliphatic carbocycles. The van der Waals surface area contributed by atoms with Crippen LogP contribution < -0.4 is 4.74 Å². The Kier molecular flexibility index (Phi) is 4.71. The third-order valence-corrected chi connectivity index (χ3v) is 3.80. The molecule has 1 aromatic heterocycles. The minimum atomic E-state index is 0.713. The maximum atomic E-state index is 5.48. The summed E-state index contributed by atoms with van der Waals surface area (Å²) in [6.07, 6.45) is 4.14. The predicted molar refractivity (Wildman–Crippen MR) is 91.5 cm³/mol. The SMILES string of the molecule is CCCc1ccc(OC)c(-c2cn(Cc3ccccc3)nn2)c1. The minimum Gasteiger partial charge on any atom is -0.496 e. The van der Waals surface area contributed by atoms with Crippen molar-refractivity contribution in [2.45, 2.75) is 26.3 Å². The molecule has 0 saturated heterocycles. The van der Waals surface area contributed by atoms with Crippen LogP contribution in [0.1, 0.15) is 24.5 Å². The second-order valence-electron chi connectivity index (χ2n) is 5.57. The van der Waals surface area contributed by atoms with Crippen molar-refractivity contribution in [1.29, 1.82) is 0 Å². The number of aryl methyl sites for hydroxylation is 1. The number of hydrogen-bond acceptors (Lipinski definition) is 3. The Labute approximate surface area is 136 Å². The summed E-state index contributed by atoms with van der Waals surface area (Å²) < 4.78 is 7.34. The molecule has 0 aliphatic rings. The predicted octanol–water partition coefficient (Wildman–Crippen LogP) is 3.95. The lowest BCUT2D eigenvalue weighted by molar-refractivity contribution is 0.416. The molecular formula is C19H21N3O. The van der Waals surface area contributed by atoms with Gasteiger partial charge in [-0.15, -0.1) is 5.10 Å². The van der Waals surface area contributed by atoms with Crippen LogP contribution >= 0.6 is 0 Å². The van der Waals surface area contributed by atoms with Crippen LogP contribution in [0.25, 0.3) is 11.3 Å². The lowest BCUT2D eigenvalue weighted by Gasteiger charge is -2.08. The van der Waals surface area contributed by atoms with Gasteiger partial charge in [-0.3, -0.25) is 0 Å². The van der Waals surface area contributed by atoms with Gasteiger partial charge in [0.25, 0.3) is 0 Å². The highest BCUT2D eigenvalue weighted by atomic mass is 16.5. The van der Waals surface area contributed by atoms with E-state index in [9.17, 15) is 0 Å². The van der Waals surface area contributed by atoms with Crippen LogP contribution in [0.15, 0.2) is 54.7 Å². The van der Waals surface area contributed by atoms with E-state index in [4.69, 9.17) is 4.74 Å². The zero-order valence-corrected chi connectivity index (χ0v) is 13.6. The summed E-state index contributed by atoms with van der Waals surface area (Å²) in [7, 11) is 1.69. The molecule has 0 atom stereocenters. The van der Waals surface area contributed by atoms with Crippen molar-refractivity contribution in [2.24, 2.45) is 0 Å². The first-order valence-corrected chi connectivity index (χ1v) is 7.91. The molecule has 0 unspecified atom stereocenters. The maximum absolute atomic E-state index is 5.48. The zero-order valence-electron chi connectivity index (χ0n) is 13.6. The van der Waals surface area contributed by atoms with Crippen LogP contribution in [-0.2, 0) is 13.0 Å². The monoisotopic (exact) mass is 307 g/mol. The van der Waals surface area contributed by atoms with E-state index in [1.807, 2.05) is 35.1 Å². The number of aromatic nitrogens is 3. The first-order valence-electron chi connectivity index (χ1n) is 7.91. The van der Waals surface area contributed by atoms with Gasteiger partial charge in [-0.25, -0.2) is 4.68 Å². The van der Waals surface area contributed by atoms with Crippen LogP contribution in [0.3, 0.4) is 0 Å². The fourth-order valence-electron chi connectivity index (χ4n) is 2.67. The van der Waals surface area contributed by atoms with Crippen LogP contribution in [0, 0.1) is 0 Å². The Morgan fingerprint density at radius 2 is 1.87 bits per heavy atom. The number of hydrogen-bond donors (Lipinski definition) is 0. The smallest absolute Gasteiger partial charge is 0.128 e. The summed E-state index contributed by atoms with van der Waals surface area (Å²) in [5, 5.41) is 8.58. The lowest BCUT2D eigenvalue weighted by atomic mass is 10.0. The summed E-state index contributed by atoms with van der Waals surface area (Å²) in [4.78, 5) is 0. The molecule has 0 radical (unpaired) electrons. The molecule has 0 bridgehead atoms. The highest BCUT2D eigenvalue weighted by Crippen LogP contribution is 2.29. The van der Waals surface area contributed by atoms with Gasteiger partial charge in [0, 0.05) is 5.56 Å². The second kappa shape index (κ2) is 7.09. The standard InChI is InChI=1S/C19H21N3O/c1-3-7-15-10-11-19(23-2)17(12-15)18-14-22(21-20-18)13-16-8-5-4-6-9-16/h4-6,8-12,14H,3,7,13H2,1-2H3. The summed E-state index contributed by atoms with van der Waals surface area (Å²) in [6, 6.07) is 16.5. The van der Waals surface area contributed by atoms with Crippen molar-refractivity contribution in [1.82, 2.24) is 15.0 Å². The quantitative estimate of drug-likeness (QED) is 0.692. The lowest BCUT2D eigenvalue weighted by Crippen LogP contribution is -1.99. The van der Waals surface area contributed by atoms with E-state index in [0.717, 1.165) is 29.8 Å². The first-order chi connectivity index (χ1) is 11.3. The van der Waals surface area contributed by atoms with E-state index in [-0.39, 0.29) is 0 Å². The van der Waals surface area contributed by atoms with Crippen LogP contribution in [0.5, 0.6) is 5.75 Å². The highest BCUT2D eigenvalue weighted by Gasteiger charge is 2.11. The van der Waals surface area contributed by atoms with Crippen LogP contribution in [0.4, 0.5) is 0 Å². The first kappa shape index (κ1) is 15.3. The van der Waals surface area contributed by atoms with Crippen molar-refractivity contribution in [2.75, 3.05) is 7.11 Å². The molecule has 4 heteroatoms. The van der Waals surface area contributed by atoms with Gasteiger partial charge in [0.1, 0.15) is 11.4 Å². The number of methoxy groups -OCH3 is 1. The van der Waals surface area contributed by atoms with Crippen molar-refractivity contribution < 1.29 is 4.74 Å². The summed E-state index contributed by atoms with van der Waals surface area (Å²) in [5.41, 5.74) is 4.34. The van der Waals surface area contributed by atoms with E-state index in [2.05, 4.69) is 41.5 Å². The summed E-state index contributed by atoms with van der Waals surface area (Å²) in [6.45, 7) is 2.89. The minimum absolute atomic E-state index is 0.713. The molecule has 23 heavy (non-hydrogen) atoms. The molecule has 1 heterocycles. The molecule has 3 aromatic rings. The van der Waals surface area contributed by atoms with E-state index < -0.39 is 0 Å². The van der Waals surface area contributed by atoms with Gasteiger partial charge in [0.15, 0.2) is 0 Å². The molecule has 2 aromatic carbocycles. The van der Waals surface area contributed by atoms with E-state index in [1.165, 1.54) is 11.1 Å². The summed E-state index contributed by atoms with van der Waals surface area (Å²) in [5.74, 6) is 0.830. The number of ether oxygens (including phenoxy) is 1. The van der Waals surface area contributed by atoms with Crippen molar-refractivity contribution >= 4 is 0 Å². The highest BCUT2D eigenvalue weighted by molar-refractivity contribution is 5.67. The van der Waals surface area contributed by atoms with Gasteiger partial charge < -0.3 is 4.74 Å². The molecule has 0 fully saturated rings. The van der Waals surface area contributed by atoms with E-state index >= 15 is 0 Å². The normalized spacial score (nSPS) is 10.7. The molecule has 0 N–H and O–H groups in total. The van der Waals surface area contributed by atoms with Gasteiger partial charge in [-0.2, -0.15) is 0 Å². The Morgan fingerprint density at radius 3 is 2.61 bits per heavy atom. The molecule has 4 nitrogen and oxygen atoms in total. The van der Waals surface area contributed by atoms with Gasteiger partial charge in [0.2, 0.25) is 0 Å². The molecule has 0 saturated carbocycles. The Hall–Kier alpha value is -2.62. The average Bonchev–Trinajstić information content (AvgIpc) is 3.04. The Bertz CT molecular complexity index is 765. The van der Waals surface area contributed by atoms with Gasteiger partial charge in [-0.1, -0.05) is 55.0 Å². The van der Waals surface area contributed by atoms with Crippen molar-refractivity contribution in [3.05, 3.63) is 65.9 Å². The van der Waals surface area contributed by atoms with Gasteiger partial charge in [0.05, 0.1) is 19.9 Å². The number of rotatable bonds is 6. The van der Waals surface area contributed by atoms with Crippen molar-refractivity contribution in [3.63, 3.8) is 0 Å². The zero-order chi connectivity index (χ0) is 16.1. The topological polar surface area (TPSA) is 39.9 Å². The van der Waals surface area contributed by atoms with Crippen molar-refractivity contribution in [3.8, 4) is 17.0 Å². The average molecular weight is 307 g/mol. The fourth-order valence-corrected chi connectivity index (χ4v) is 2.67. The van der Waals surface area contributed by atoms with E-state index in [1.54, 1.807) is 7.11 Å². The molecular weight excluding hydrogens is 286 g/mol. The molecule has 0 spiro atoms. The fraction of sp³-hybridized carbons (Fsp3) is 0.263. The molecule has 118 valence electrons. The maximum Gasteiger partial charge on any atom is 0.128 e. The Balaban J connectivity index is 1.88. The number of benzene rings is 2. The second-order valence-corrected chi connectivity index (χ2v) is 5.57.